The van der Waals surface area contributed by atoms with E-state index in [4.69, 9.17) is 0 Å². The summed E-state index contributed by atoms with van der Waals surface area (Å²) in [5.41, 5.74) is 0. The lowest BCUT2D eigenvalue weighted by molar-refractivity contribution is -0.00995. The first-order chi connectivity index (χ1) is 8.99. The highest BCUT2D eigenvalue weighted by Gasteiger charge is 2.40. The van der Waals surface area contributed by atoms with Gasteiger partial charge in [-0.2, -0.15) is 0 Å². The number of hydrogen-bond donors (Lipinski definition) is 1. The monoisotopic (exact) mass is 267 g/mol. The van der Waals surface area contributed by atoms with Crippen LogP contribution in [-0.2, 0) is 0 Å². The molecule has 3 atom stereocenters. The summed E-state index contributed by atoms with van der Waals surface area (Å²) in [6, 6.07) is 1.22. The summed E-state index contributed by atoms with van der Waals surface area (Å²) in [7, 11) is 0. The molecule has 0 spiro atoms. The molecule has 0 aromatic rings. The molecule has 112 valence electrons. The van der Waals surface area contributed by atoms with Crippen LogP contribution in [0.5, 0.6) is 0 Å². The molecule has 2 nitrogen and oxygen atoms in total. The number of aliphatic hydroxyl groups is 1. The van der Waals surface area contributed by atoms with E-state index < -0.39 is 0 Å². The number of rotatable bonds is 6. The van der Waals surface area contributed by atoms with Crippen molar-refractivity contribution in [3.8, 4) is 0 Å². The standard InChI is InChI=1S/C17H33NO/c1-12(2)9-10-18(15-6-7-15)16-11-14(13(3)4)5-8-17(16)19/h12-17,19H,5-11H2,1-4H3. The van der Waals surface area contributed by atoms with Crippen LogP contribution < -0.4 is 0 Å². The highest BCUT2D eigenvalue weighted by Crippen LogP contribution is 2.38. The maximum Gasteiger partial charge on any atom is 0.0695 e. The van der Waals surface area contributed by atoms with Crippen LogP contribution in [0.2, 0.25) is 0 Å². The SMILES string of the molecule is CC(C)CCN(C1CC1)C1CC(C(C)C)CCC1O. The second-order valence-electron chi connectivity index (χ2n) is 7.60. The molecule has 0 radical (unpaired) electrons. The molecule has 2 fully saturated rings. The van der Waals surface area contributed by atoms with Crippen LogP contribution in [0, 0.1) is 17.8 Å². The van der Waals surface area contributed by atoms with Gasteiger partial charge in [0.15, 0.2) is 0 Å². The van der Waals surface area contributed by atoms with Crippen molar-refractivity contribution in [3.05, 3.63) is 0 Å². The van der Waals surface area contributed by atoms with Gasteiger partial charge in [-0.3, -0.25) is 4.90 Å². The zero-order chi connectivity index (χ0) is 14.0. The van der Waals surface area contributed by atoms with Crippen LogP contribution in [0.4, 0.5) is 0 Å². The Labute approximate surface area is 119 Å². The molecule has 0 aromatic heterocycles. The van der Waals surface area contributed by atoms with Crippen molar-refractivity contribution in [3.63, 3.8) is 0 Å². The lowest BCUT2D eigenvalue weighted by Crippen LogP contribution is -2.49. The van der Waals surface area contributed by atoms with Gasteiger partial charge in [0, 0.05) is 12.1 Å². The fourth-order valence-corrected chi connectivity index (χ4v) is 3.56. The normalized spacial score (nSPS) is 32.5. The lowest BCUT2D eigenvalue weighted by atomic mass is 9.77. The Morgan fingerprint density at radius 1 is 1.05 bits per heavy atom. The quantitative estimate of drug-likeness (QED) is 0.793. The molecule has 0 saturated heterocycles. The molecule has 0 heterocycles. The van der Waals surface area contributed by atoms with Crippen molar-refractivity contribution in [1.82, 2.24) is 4.90 Å². The van der Waals surface area contributed by atoms with Gasteiger partial charge >= 0.3 is 0 Å². The number of aliphatic hydroxyl groups excluding tert-OH is 1. The van der Waals surface area contributed by atoms with Gasteiger partial charge in [0.25, 0.3) is 0 Å². The van der Waals surface area contributed by atoms with E-state index in [1.54, 1.807) is 0 Å². The molecule has 3 unspecified atom stereocenters. The molecule has 0 bridgehead atoms. The minimum Gasteiger partial charge on any atom is -0.391 e. The maximum absolute atomic E-state index is 10.4. The Morgan fingerprint density at radius 2 is 1.74 bits per heavy atom. The minimum atomic E-state index is -0.0808. The second-order valence-corrected chi connectivity index (χ2v) is 7.60. The van der Waals surface area contributed by atoms with Crippen LogP contribution >= 0.6 is 0 Å². The van der Waals surface area contributed by atoms with Crippen LogP contribution in [-0.4, -0.2) is 34.7 Å². The lowest BCUT2D eigenvalue weighted by Gasteiger charge is -2.42. The molecular formula is C17H33NO. The predicted octanol–water partition coefficient (Wildman–Crippen LogP) is 3.68. The van der Waals surface area contributed by atoms with Crippen LogP contribution in [0.25, 0.3) is 0 Å². The van der Waals surface area contributed by atoms with E-state index in [0.29, 0.717) is 6.04 Å². The summed E-state index contributed by atoms with van der Waals surface area (Å²) in [5.74, 6) is 2.35. The first kappa shape index (κ1) is 15.3. The Bertz CT molecular complexity index is 272. The number of hydrogen-bond acceptors (Lipinski definition) is 2. The summed E-state index contributed by atoms with van der Waals surface area (Å²) < 4.78 is 0. The van der Waals surface area contributed by atoms with Crippen molar-refractivity contribution in [2.45, 2.75) is 84.4 Å². The van der Waals surface area contributed by atoms with Crippen molar-refractivity contribution in [2.75, 3.05) is 6.54 Å². The number of nitrogens with zero attached hydrogens (tertiary/aromatic N) is 1. The Hall–Kier alpha value is -0.0800. The van der Waals surface area contributed by atoms with Gasteiger partial charge in [0.2, 0.25) is 0 Å². The van der Waals surface area contributed by atoms with E-state index in [-0.39, 0.29) is 6.10 Å². The third kappa shape index (κ3) is 4.19. The van der Waals surface area contributed by atoms with E-state index in [1.165, 1.54) is 38.6 Å². The second kappa shape index (κ2) is 6.58. The van der Waals surface area contributed by atoms with E-state index in [2.05, 4.69) is 32.6 Å². The molecule has 0 aromatic carbocycles. The van der Waals surface area contributed by atoms with Crippen LogP contribution in [0.15, 0.2) is 0 Å². The molecule has 2 aliphatic carbocycles. The molecule has 2 saturated carbocycles. The molecule has 0 aliphatic heterocycles. The summed E-state index contributed by atoms with van der Waals surface area (Å²) in [5, 5.41) is 10.4. The van der Waals surface area contributed by atoms with Gasteiger partial charge in [-0.15, -0.1) is 0 Å². The highest BCUT2D eigenvalue weighted by molar-refractivity contribution is 4.95. The molecule has 2 aliphatic rings. The largest absolute Gasteiger partial charge is 0.391 e. The van der Waals surface area contributed by atoms with Gasteiger partial charge in [-0.05, 0) is 62.8 Å². The van der Waals surface area contributed by atoms with E-state index in [9.17, 15) is 5.11 Å². The average molecular weight is 267 g/mol. The summed E-state index contributed by atoms with van der Waals surface area (Å²) >= 11 is 0. The van der Waals surface area contributed by atoms with Crippen LogP contribution in [0.3, 0.4) is 0 Å². The predicted molar refractivity (Wildman–Crippen MR) is 81.2 cm³/mol. The van der Waals surface area contributed by atoms with Crippen molar-refractivity contribution < 1.29 is 5.11 Å². The first-order valence-corrected chi connectivity index (χ1v) is 8.42. The van der Waals surface area contributed by atoms with Crippen LogP contribution in [0.1, 0.15) is 66.2 Å². The molecular weight excluding hydrogens is 234 g/mol. The van der Waals surface area contributed by atoms with Crippen molar-refractivity contribution in [2.24, 2.45) is 17.8 Å². The Morgan fingerprint density at radius 3 is 2.26 bits per heavy atom. The van der Waals surface area contributed by atoms with E-state index in [1.807, 2.05) is 0 Å². The third-order valence-electron chi connectivity index (χ3n) is 5.17. The molecule has 1 N–H and O–H groups in total. The van der Waals surface area contributed by atoms with E-state index in [0.717, 1.165) is 30.2 Å². The van der Waals surface area contributed by atoms with Crippen molar-refractivity contribution >= 4 is 0 Å². The minimum absolute atomic E-state index is 0.0808. The van der Waals surface area contributed by atoms with Crippen molar-refractivity contribution in [1.29, 1.82) is 0 Å². The zero-order valence-electron chi connectivity index (χ0n) is 13.3. The van der Waals surface area contributed by atoms with Gasteiger partial charge in [-0.25, -0.2) is 0 Å². The topological polar surface area (TPSA) is 23.5 Å². The Kier molecular flexibility index (Phi) is 5.30. The zero-order valence-corrected chi connectivity index (χ0v) is 13.3. The summed E-state index contributed by atoms with van der Waals surface area (Å²) in [4.78, 5) is 2.67. The van der Waals surface area contributed by atoms with Gasteiger partial charge in [0.05, 0.1) is 6.10 Å². The fourth-order valence-electron chi connectivity index (χ4n) is 3.56. The Balaban J connectivity index is 1.97. The molecule has 2 heteroatoms. The van der Waals surface area contributed by atoms with E-state index >= 15 is 0 Å². The molecule has 0 amide bonds. The average Bonchev–Trinajstić information content (AvgIpc) is 3.15. The summed E-state index contributed by atoms with van der Waals surface area (Å²) in [6.45, 7) is 10.5. The molecule has 2 rings (SSSR count). The van der Waals surface area contributed by atoms with Gasteiger partial charge in [-0.1, -0.05) is 27.7 Å². The fraction of sp³-hybridized carbons (Fsp3) is 1.00. The summed E-state index contributed by atoms with van der Waals surface area (Å²) in [6.07, 6.45) is 7.35. The van der Waals surface area contributed by atoms with Gasteiger partial charge < -0.3 is 5.11 Å². The smallest absolute Gasteiger partial charge is 0.0695 e. The van der Waals surface area contributed by atoms with Gasteiger partial charge in [0.1, 0.15) is 0 Å². The third-order valence-corrected chi connectivity index (χ3v) is 5.17. The highest BCUT2D eigenvalue weighted by atomic mass is 16.3. The first-order valence-electron chi connectivity index (χ1n) is 8.42. The maximum atomic E-state index is 10.4. The molecule has 19 heavy (non-hydrogen) atoms.